The smallest absolute Gasteiger partial charge is 0.229 e. The molecule has 2 heterocycles. The highest BCUT2D eigenvalue weighted by Crippen LogP contribution is 2.31. The van der Waals surface area contributed by atoms with E-state index < -0.39 is 0 Å². The number of rotatable bonds is 7. The maximum atomic E-state index is 13.6. The van der Waals surface area contributed by atoms with Crippen LogP contribution in [0, 0.1) is 5.82 Å². The number of carbonyl (C=O) groups excluding carboxylic acids is 1. The first-order valence-electron chi connectivity index (χ1n) is 9.22. The van der Waals surface area contributed by atoms with Crippen molar-refractivity contribution in [1.29, 1.82) is 0 Å². The van der Waals surface area contributed by atoms with Gasteiger partial charge in [0.2, 0.25) is 5.91 Å². The zero-order chi connectivity index (χ0) is 20.9. The Morgan fingerprint density at radius 2 is 2.00 bits per heavy atom. The lowest BCUT2D eigenvalue weighted by molar-refractivity contribution is -0.118. The van der Waals surface area contributed by atoms with Crippen LogP contribution in [-0.2, 0) is 11.3 Å². The summed E-state index contributed by atoms with van der Waals surface area (Å²) in [6.45, 7) is 0.362. The third-order valence-electron chi connectivity index (χ3n) is 4.33. The number of benzene rings is 2. The van der Waals surface area contributed by atoms with Gasteiger partial charge in [-0.15, -0.1) is 11.8 Å². The van der Waals surface area contributed by atoms with Gasteiger partial charge in [0.15, 0.2) is 5.13 Å². The first kappa shape index (κ1) is 20.8. The van der Waals surface area contributed by atoms with E-state index in [1.165, 1.54) is 23.5 Å². The number of aromatic nitrogens is 2. The van der Waals surface area contributed by atoms with Crippen molar-refractivity contribution in [2.45, 2.75) is 17.9 Å². The normalized spacial score (nSPS) is 11.0. The minimum atomic E-state index is -0.317. The van der Waals surface area contributed by atoms with Crippen molar-refractivity contribution in [3.8, 4) is 0 Å². The number of thiazole rings is 1. The first-order chi connectivity index (χ1) is 14.6. The number of carbonyl (C=O) groups is 1. The quantitative estimate of drug-likeness (QED) is 0.310. The van der Waals surface area contributed by atoms with Crippen molar-refractivity contribution in [3.05, 3.63) is 83.4 Å². The predicted octanol–water partition coefficient (Wildman–Crippen LogP) is 6.20. The van der Waals surface area contributed by atoms with Crippen molar-refractivity contribution in [2.75, 3.05) is 10.7 Å². The van der Waals surface area contributed by atoms with E-state index in [4.69, 9.17) is 11.6 Å². The van der Waals surface area contributed by atoms with Gasteiger partial charge in [-0.05, 0) is 54.1 Å². The van der Waals surface area contributed by atoms with Crippen LogP contribution in [0.2, 0.25) is 5.02 Å². The summed E-state index contributed by atoms with van der Waals surface area (Å²) in [7, 11) is 0. The van der Waals surface area contributed by atoms with E-state index in [0.717, 1.165) is 10.5 Å². The largest absolute Gasteiger partial charge is 0.284 e. The fraction of sp³-hybridized carbons (Fsp3) is 0.136. The number of fused-ring (bicyclic) bond motifs is 1. The first-order valence-corrected chi connectivity index (χ1v) is 11.4. The highest BCUT2D eigenvalue weighted by Gasteiger charge is 2.20. The van der Waals surface area contributed by atoms with E-state index in [1.54, 1.807) is 35.1 Å². The van der Waals surface area contributed by atoms with Gasteiger partial charge in [-0.25, -0.2) is 9.37 Å². The fourth-order valence-electron chi connectivity index (χ4n) is 2.86. The average Bonchev–Trinajstić information content (AvgIpc) is 3.17. The van der Waals surface area contributed by atoms with E-state index in [0.29, 0.717) is 39.1 Å². The van der Waals surface area contributed by atoms with Gasteiger partial charge in [0.05, 0.1) is 16.8 Å². The lowest BCUT2D eigenvalue weighted by atomic mass is 10.2. The molecular weight excluding hydrogens is 441 g/mol. The van der Waals surface area contributed by atoms with Gasteiger partial charge in [-0.1, -0.05) is 29.0 Å². The number of nitrogens with zero attached hydrogens (tertiary/aromatic N) is 3. The van der Waals surface area contributed by atoms with E-state index in [1.807, 2.05) is 36.4 Å². The van der Waals surface area contributed by atoms with Gasteiger partial charge < -0.3 is 0 Å². The highest BCUT2D eigenvalue weighted by molar-refractivity contribution is 7.99. The number of anilines is 1. The third kappa shape index (κ3) is 5.16. The Morgan fingerprint density at radius 1 is 1.17 bits per heavy atom. The van der Waals surface area contributed by atoms with Crippen LogP contribution in [0.4, 0.5) is 9.52 Å². The Labute approximate surface area is 186 Å². The molecule has 0 saturated heterocycles. The minimum Gasteiger partial charge on any atom is -0.284 e. The van der Waals surface area contributed by atoms with Gasteiger partial charge in [0.25, 0.3) is 0 Å². The molecule has 0 aliphatic heterocycles. The monoisotopic (exact) mass is 457 g/mol. The molecule has 4 aromatic rings. The third-order valence-corrected chi connectivity index (χ3v) is 6.64. The molecule has 1 amide bonds. The van der Waals surface area contributed by atoms with Gasteiger partial charge in [-0.2, -0.15) is 0 Å². The van der Waals surface area contributed by atoms with Crippen molar-refractivity contribution in [3.63, 3.8) is 0 Å². The summed E-state index contributed by atoms with van der Waals surface area (Å²) in [4.78, 5) is 24.5. The summed E-state index contributed by atoms with van der Waals surface area (Å²) in [5.41, 5.74) is 1.58. The number of halogens is 2. The second kappa shape index (κ2) is 9.55. The summed E-state index contributed by atoms with van der Waals surface area (Å²) < 4.78 is 14.3. The van der Waals surface area contributed by atoms with E-state index >= 15 is 0 Å². The highest BCUT2D eigenvalue weighted by atomic mass is 35.5. The second-order valence-corrected chi connectivity index (χ2v) is 9.12. The molecule has 0 unspecified atom stereocenters. The van der Waals surface area contributed by atoms with Crippen LogP contribution in [0.25, 0.3) is 10.2 Å². The van der Waals surface area contributed by atoms with Gasteiger partial charge in [-0.3, -0.25) is 14.7 Å². The van der Waals surface area contributed by atoms with E-state index in [2.05, 4.69) is 9.97 Å². The molecule has 4 nitrogen and oxygen atoms in total. The number of hydrogen-bond acceptors (Lipinski definition) is 5. The molecule has 152 valence electrons. The van der Waals surface area contributed by atoms with Gasteiger partial charge in [0.1, 0.15) is 5.82 Å². The molecule has 2 aromatic heterocycles. The Bertz CT molecular complexity index is 1150. The Hall–Kier alpha value is -2.48. The molecule has 0 saturated carbocycles. The maximum absolute atomic E-state index is 13.6. The van der Waals surface area contributed by atoms with E-state index in [9.17, 15) is 9.18 Å². The summed E-state index contributed by atoms with van der Waals surface area (Å²) in [6, 6.07) is 15.8. The lowest BCUT2D eigenvalue weighted by Gasteiger charge is -2.20. The fourth-order valence-corrected chi connectivity index (χ4v) is 4.83. The molecule has 0 radical (unpaired) electrons. The van der Waals surface area contributed by atoms with Crippen LogP contribution in [0.15, 0.2) is 71.9 Å². The Balaban J connectivity index is 1.52. The standard InChI is InChI=1S/C22H17ClFN3OS2/c23-16-3-6-18(7-4-16)29-11-9-21(28)27(14-15-2-1-10-25-13-15)22-26-19-8-5-17(24)12-20(19)30-22/h1-8,10,12-13H,9,11,14H2. The van der Waals surface area contributed by atoms with Crippen LogP contribution >= 0.6 is 34.7 Å². The molecule has 0 N–H and O–H groups in total. The van der Waals surface area contributed by atoms with Gasteiger partial charge >= 0.3 is 0 Å². The molecule has 4 rings (SSSR count). The molecule has 0 aliphatic carbocycles. The summed E-state index contributed by atoms with van der Waals surface area (Å²) in [5.74, 6) is 0.269. The zero-order valence-electron chi connectivity index (χ0n) is 15.8. The Kier molecular flexibility index (Phi) is 6.62. The van der Waals surface area contributed by atoms with Crippen molar-refractivity contribution >= 4 is 56.0 Å². The van der Waals surface area contributed by atoms with Crippen molar-refractivity contribution in [1.82, 2.24) is 9.97 Å². The van der Waals surface area contributed by atoms with Crippen LogP contribution < -0.4 is 4.90 Å². The number of pyridine rings is 1. The second-order valence-electron chi connectivity index (χ2n) is 6.50. The minimum absolute atomic E-state index is 0.0418. The molecule has 0 atom stereocenters. The molecule has 0 aliphatic rings. The number of hydrogen-bond donors (Lipinski definition) is 0. The zero-order valence-corrected chi connectivity index (χ0v) is 18.2. The van der Waals surface area contributed by atoms with Crippen molar-refractivity contribution in [2.24, 2.45) is 0 Å². The van der Waals surface area contributed by atoms with Crippen LogP contribution in [0.1, 0.15) is 12.0 Å². The molecule has 0 spiro atoms. The van der Waals surface area contributed by atoms with Crippen LogP contribution in [0.5, 0.6) is 0 Å². The average molecular weight is 458 g/mol. The summed E-state index contributed by atoms with van der Waals surface area (Å²) in [6.07, 6.45) is 3.77. The molecule has 0 bridgehead atoms. The summed E-state index contributed by atoms with van der Waals surface area (Å²) in [5, 5.41) is 1.24. The SMILES string of the molecule is O=C(CCSc1ccc(Cl)cc1)N(Cc1cccnc1)c1nc2ccc(F)cc2s1. The van der Waals surface area contributed by atoms with Crippen molar-refractivity contribution < 1.29 is 9.18 Å². The van der Waals surface area contributed by atoms with E-state index in [-0.39, 0.29) is 11.7 Å². The molecule has 2 aromatic carbocycles. The Morgan fingerprint density at radius 3 is 2.77 bits per heavy atom. The topological polar surface area (TPSA) is 46.1 Å². The maximum Gasteiger partial charge on any atom is 0.229 e. The van der Waals surface area contributed by atoms with Crippen LogP contribution in [0.3, 0.4) is 0 Å². The number of amides is 1. The molecular formula is C22H17ClFN3OS2. The van der Waals surface area contributed by atoms with Crippen LogP contribution in [-0.4, -0.2) is 21.6 Å². The molecule has 8 heteroatoms. The lowest BCUT2D eigenvalue weighted by Crippen LogP contribution is -2.30. The molecule has 0 fully saturated rings. The summed E-state index contributed by atoms with van der Waals surface area (Å²) >= 11 is 8.83. The molecule has 30 heavy (non-hydrogen) atoms. The number of thioether (sulfide) groups is 1. The van der Waals surface area contributed by atoms with Gasteiger partial charge in [0, 0.05) is 34.5 Å². The predicted molar refractivity (Wildman–Crippen MR) is 122 cm³/mol.